The Hall–Kier alpha value is -1.04. The van der Waals surface area contributed by atoms with Gasteiger partial charge in [-0.25, -0.2) is 0 Å². The van der Waals surface area contributed by atoms with Crippen molar-refractivity contribution in [3.8, 4) is 0 Å². The lowest BCUT2D eigenvalue weighted by atomic mass is 9.88. The molecular formula is C10H13NO4S. The van der Waals surface area contributed by atoms with Gasteiger partial charge in [0, 0.05) is 24.5 Å². The summed E-state index contributed by atoms with van der Waals surface area (Å²) in [6, 6.07) is -0.251. The number of amides is 1. The molecule has 0 radical (unpaired) electrons. The number of aliphatic carboxylic acids is 1. The van der Waals surface area contributed by atoms with Gasteiger partial charge in [-0.15, -0.1) is 11.8 Å². The number of nitrogens with zero attached hydrogens (tertiary/aromatic N) is 1. The summed E-state index contributed by atoms with van der Waals surface area (Å²) in [7, 11) is 0. The van der Waals surface area contributed by atoms with Gasteiger partial charge in [-0.05, 0) is 6.42 Å². The van der Waals surface area contributed by atoms with Crippen molar-refractivity contribution in [3.63, 3.8) is 0 Å². The van der Waals surface area contributed by atoms with Crippen LogP contribution in [-0.4, -0.2) is 45.3 Å². The third kappa shape index (κ3) is 2.07. The maximum atomic E-state index is 11.9. The van der Waals surface area contributed by atoms with E-state index in [1.807, 2.05) is 0 Å². The van der Waals surface area contributed by atoms with E-state index in [0.29, 0.717) is 11.6 Å². The van der Waals surface area contributed by atoms with E-state index in [2.05, 4.69) is 0 Å². The first kappa shape index (κ1) is 11.4. The third-order valence-corrected chi connectivity index (χ3v) is 4.05. The molecule has 2 heterocycles. The third-order valence-electron chi connectivity index (χ3n) is 3.04. The summed E-state index contributed by atoms with van der Waals surface area (Å²) in [4.78, 5) is 35.7. The summed E-state index contributed by atoms with van der Waals surface area (Å²) in [5, 5.41) is 8.57. The van der Waals surface area contributed by atoms with Crippen molar-refractivity contribution < 1.29 is 19.5 Å². The van der Waals surface area contributed by atoms with Crippen LogP contribution in [0.25, 0.3) is 0 Å². The Morgan fingerprint density at radius 1 is 1.50 bits per heavy atom. The molecule has 1 N–H and O–H groups in total. The summed E-state index contributed by atoms with van der Waals surface area (Å²) in [5.74, 6) is -0.0396. The Bertz CT molecular complexity index is 344. The maximum Gasteiger partial charge on any atom is 0.303 e. The van der Waals surface area contributed by atoms with Crippen LogP contribution in [0.2, 0.25) is 0 Å². The van der Waals surface area contributed by atoms with Gasteiger partial charge in [0.1, 0.15) is 6.04 Å². The molecule has 0 bridgehead atoms. The number of ketones is 1. The molecular weight excluding hydrogens is 230 g/mol. The van der Waals surface area contributed by atoms with Crippen LogP contribution in [0.4, 0.5) is 0 Å². The minimum atomic E-state index is -0.918. The van der Waals surface area contributed by atoms with Crippen LogP contribution in [-0.2, 0) is 14.4 Å². The molecule has 1 amide bonds. The van der Waals surface area contributed by atoms with Gasteiger partial charge in [-0.1, -0.05) is 0 Å². The molecule has 2 atom stereocenters. The molecule has 0 unspecified atom stereocenters. The van der Waals surface area contributed by atoms with Crippen molar-refractivity contribution >= 4 is 29.4 Å². The fourth-order valence-electron chi connectivity index (χ4n) is 2.15. The monoisotopic (exact) mass is 243 g/mol. The molecule has 6 heteroatoms. The van der Waals surface area contributed by atoms with E-state index in [-0.39, 0.29) is 37.0 Å². The van der Waals surface area contributed by atoms with Crippen LogP contribution < -0.4 is 0 Å². The predicted octanol–water partition coefficient (Wildman–Crippen LogP) is 0.342. The van der Waals surface area contributed by atoms with E-state index < -0.39 is 11.9 Å². The van der Waals surface area contributed by atoms with Gasteiger partial charge in [0.05, 0.1) is 5.88 Å². The molecule has 2 aliphatic heterocycles. The summed E-state index contributed by atoms with van der Waals surface area (Å²) >= 11 is 1.58. The van der Waals surface area contributed by atoms with Gasteiger partial charge < -0.3 is 10.0 Å². The van der Waals surface area contributed by atoms with E-state index in [9.17, 15) is 14.4 Å². The highest BCUT2D eigenvalue weighted by Gasteiger charge is 2.43. The number of fused-ring (bicyclic) bond motifs is 1. The standard InChI is InChI=1S/C10H13NO4S/c12-8-3-6(1-2-9(13)14)10(15)11-5-16-4-7(8)11/h6-7H,1-5H2,(H,13,14)/t6-,7-/m0/s1. The number of piperidine rings is 1. The van der Waals surface area contributed by atoms with Crippen LogP contribution >= 0.6 is 11.8 Å². The summed E-state index contributed by atoms with van der Waals surface area (Å²) in [6.07, 6.45) is 0.441. The first-order valence-corrected chi connectivity index (χ1v) is 6.38. The molecule has 16 heavy (non-hydrogen) atoms. The summed E-state index contributed by atoms with van der Waals surface area (Å²) in [5.41, 5.74) is 0. The Kier molecular flexibility index (Phi) is 3.18. The number of hydrogen-bond acceptors (Lipinski definition) is 4. The van der Waals surface area contributed by atoms with Crippen molar-refractivity contribution in [2.45, 2.75) is 25.3 Å². The van der Waals surface area contributed by atoms with Gasteiger partial charge >= 0.3 is 5.97 Å². The van der Waals surface area contributed by atoms with Crippen LogP contribution in [0.3, 0.4) is 0 Å². The molecule has 0 spiro atoms. The molecule has 88 valence electrons. The van der Waals surface area contributed by atoms with Crippen molar-refractivity contribution in [1.29, 1.82) is 0 Å². The predicted molar refractivity (Wildman–Crippen MR) is 57.9 cm³/mol. The van der Waals surface area contributed by atoms with Crippen LogP contribution in [0.1, 0.15) is 19.3 Å². The van der Waals surface area contributed by atoms with Gasteiger partial charge in [0.25, 0.3) is 0 Å². The molecule has 2 saturated heterocycles. The first-order valence-electron chi connectivity index (χ1n) is 5.22. The van der Waals surface area contributed by atoms with Gasteiger partial charge in [0.2, 0.25) is 5.91 Å². The number of hydrogen-bond donors (Lipinski definition) is 1. The second kappa shape index (κ2) is 4.45. The summed E-state index contributed by atoms with van der Waals surface area (Å²) < 4.78 is 0. The van der Waals surface area contributed by atoms with Crippen molar-refractivity contribution in [3.05, 3.63) is 0 Å². The number of thioether (sulfide) groups is 1. The first-order chi connectivity index (χ1) is 7.59. The highest BCUT2D eigenvalue weighted by Crippen LogP contribution is 2.31. The molecule has 0 saturated carbocycles. The van der Waals surface area contributed by atoms with E-state index in [4.69, 9.17) is 5.11 Å². The zero-order valence-electron chi connectivity index (χ0n) is 8.72. The van der Waals surface area contributed by atoms with E-state index in [0.717, 1.165) is 0 Å². The quantitative estimate of drug-likeness (QED) is 0.773. The van der Waals surface area contributed by atoms with Crippen molar-refractivity contribution in [1.82, 2.24) is 4.90 Å². The SMILES string of the molecule is O=C(O)CC[C@H]1CC(=O)[C@@H]2CSCN2C1=O. The number of carboxylic acid groups (broad SMARTS) is 1. The minimum absolute atomic E-state index is 0.0455. The van der Waals surface area contributed by atoms with Crippen LogP contribution in [0, 0.1) is 5.92 Å². The van der Waals surface area contributed by atoms with E-state index in [1.54, 1.807) is 16.7 Å². The highest BCUT2D eigenvalue weighted by molar-refractivity contribution is 7.99. The Balaban J connectivity index is 2.02. The second-order valence-corrected chi connectivity index (χ2v) is 5.12. The topological polar surface area (TPSA) is 74.7 Å². The molecule has 2 fully saturated rings. The number of carbonyl (C=O) groups excluding carboxylic acids is 2. The zero-order valence-corrected chi connectivity index (χ0v) is 9.53. The largest absolute Gasteiger partial charge is 0.481 e. The summed E-state index contributed by atoms with van der Waals surface area (Å²) in [6.45, 7) is 0. The molecule has 5 nitrogen and oxygen atoms in total. The normalized spacial score (nSPS) is 29.4. The Morgan fingerprint density at radius 2 is 2.25 bits per heavy atom. The lowest BCUT2D eigenvalue weighted by Gasteiger charge is -2.32. The average Bonchev–Trinajstić information content (AvgIpc) is 2.70. The van der Waals surface area contributed by atoms with Crippen molar-refractivity contribution in [2.24, 2.45) is 5.92 Å². The smallest absolute Gasteiger partial charge is 0.303 e. The van der Waals surface area contributed by atoms with E-state index >= 15 is 0 Å². The number of carbonyl (C=O) groups is 3. The molecule has 0 aliphatic carbocycles. The Labute approximate surface area is 97.2 Å². The maximum absolute atomic E-state index is 11.9. The fraction of sp³-hybridized carbons (Fsp3) is 0.700. The zero-order chi connectivity index (χ0) is 11.7. The number of Topliss-reactive ketones (excluding diaryl/α,β-unsaturated/α-hetero) is 1. The van der Waals surface area contributed by atoms with Crippen LogP contribution in [0.5, 0.6) is 0 Å². The Morgan fingerprint density at radius 3 is 2.94 bits per heavy atom. The lowest BCUT2D eigenvalue weighted by molar-refractivity contribution is -0.148. The van der Waals surface area contributed by atoms with Gasteiger partial charge in [-0.3, -0.25) is 14.4 Å². The molecule has 2 rings (SSSR count). The average molecular weight is 243 g/mol. The fourth-order valence-corrected chi connectivity index (χ4v) is 3.35. The molecule has 0 aromatic carbocycles. The second-order valence-electron chi connectivity index (χ2n) is 4.12. The number of rotatable bonds is 3. The van der Waals surface area contributed by atoms with Gasteiger partial charge in [-0.2, -0.15) is 0 Å². The van der Waals surface area contributed by atoms with Crippen molar-refractivity contribution in [2.75, 3.05) is 11.6 Å². The molecule has 2 aliphatic rings. The minimum Gasteiger partial charge on any atom is -0.481 e. The lowest BCUT2D eigenvalue weighted by Crippen LogP contribution is -2.50. The number of carboxylic acids is 1. The highest BCUT2D eigenvalue weighted by atomic mass is 32.2. The van der Waals surface area contributed by atoms with Crippen LogP contribution in [0.15, 0.2) is 0 Å². The molecule has 0 aromatic heterocycles. The molecule has 0 aromatic rings. The van der Waals surface area contributed by atoms with Gasteiger partial charge in [0.15, 0.2) is 5.78 Å². The van der Waals surface area contributed by atoms with E-state index in [1.165, 1.54) is 0 Å².